The van der Waals surface area contributed by atoms with Gasteiger partial charge in [-0.15, -0.1) is 22.7 Å². The van der Waals surface area contributed by atoms with Gasteiger partial charge in [0.25, 0.3) is 0 Å². The molecular weight excluding hydrogens is 703 g/mol. The molecule has 284 valence electrons. The van der Waals surface area contributed by atoms with Crippen molar-refractivity contribution in [2.45, 2.75) is 146 Å². The molecule has 0 bridgehead atoms. The minimum atomic E-state index is -2.50. The number of carbonyl (C=O) groups excluding carboxylic acids is 1. The maximum absolute atomic E-state index is 14.2. The quantitative estimate of drug-likeness (QED) is 0.261. The predicted molar refractivity (Wildman–Crippen MR) is 191 cm³/mol. The van der Waals surface area contributed by atoms with Crippen LogP contribution in [0.25, 0.3) is 0 Å². The summed E-state index contributed by atoms with van der Waals surface area (Å²) in [7, 11) is 0. The number of thiophene rings is 2. The van der Waals surface area contributed by atoms with Crippen molar-refractivity contribution in [1.29, 1.82) is 0 Å². The Balaban J connectivity index is 1.12. The Morgan fingerprint density at radius 3 is 2.25 bits per heavy atom. The largest absolute Gasteiger partial charge is 0.390 e. The zero-order valence-corrected chi connectivity index (χ0v) is 31.9. The number of ether oxygens (including phenoxy) is 2. The van der Waals surface area contributed by atoms with Crippen LogP contribution >= 0.6 is 22.7 Å². The van der Waals surface area contributed by atoms with Gasteiger partial charge in [-0.2, -0.15) is 0 Å². The topological polar surface area (TPSA) is 74.3 Å². The van der Waals surface area contributed by atoms with Crippen molar-refractivity contribution in [2.24, 2.45) is 0 Å². The first-order chi connectivity index (χ1) is 24.2. The molecule has 7 nitrogen and oxygen atoms in total. The van der Waals surface area contributed by atoms with E-state index in [1.54, 1.807) is 0 Å². The number of hydrogen-bond acceptors (Lipinski definition) is 8. The van der Waals surface area contributed by atoms with Crippen molar-refractivity contribution < 1.29 is 36.9 Å². The molecule has 3 fully saturated rings. The van der Waals surface area contributed by atoms with Crippen LogP contribution in [0.3, 0.4) is 0 Å². The normalized spacial score (nSPS) is 31.9. The Morgan fingerprint density at radius 1 is 0.961 bits per heavy atom. The van der Waals surface area contributed by atoms with E-state index in [0.717, 1.165) is 78.2 Å². The Kier molecular flexibility index (Phi) is 10.8. The number of halogens is 4. The number of amides is 1. The van der Waals surface area contributed by atoms with Crippen molar-refractivity contribution in [3.63, 3.8) is 0 Å². The first kappa shape index (κ1) is 37.7. The van der Waals surface area contributed by atoms with Gasteiger partial charge in [-0.1, -0.05) is 0 Å². The maximum Gasteiger partial charge on any atom is 0.243 e. The van der Waals surface area contributed by atoms with E-state index in [9.17, 15) is 27.5 Å². The van der Waals surface area contributed by atoms with Gasteiger partial charge in [-0.25, -0.2) is 17.6 Å². The van der Waals surface area contributed by atoms with Crippen LogP contribution in [0.5, 0.6) is 0 Å². The lowest BCUT2D eigenvalue weighted by atomic mass is 9.78. The Bertz CT molecular complexity index is 1580. The molecular formula is C38H53F4N3O4S2. The van der Waals surface area contributed by atoms with Gasteiger partial charge in [0.1, 0.15) is 11.2 Å². The van der Waals surface area contributed by atoms with Crippen LogP contribution in [0, 0.1) is 0 Å². The number of likely N-dealkylation sites (tertiary alicyclic amines) is 2. The summed E-state index contributed by atoms with van der Waals surface area (Å²) in [6, 6.07) is 2.05. The third-order valence-electron chi connectivity index (χ3n) is 12.1. The average molecular weight is 756 g/mol. The van der Waals surface area contributed by atoms with Gasteiger partial charge in [0, 0.05) is 89.0 Å². The highest BCUT2D eigenvalue weighted by atomic mass is 32.1. The standard InChI is InChI=1S/C38H53F4N3O4S2/c1-22-19-38(8-11-44(22)10-7-36(3,4)47)35-26(6-14-49-38)33(29(51-35)18-31(41)42)27-17-32(46)43-28(27)21-45-12-9-37(20-23(45)2)34-24(5-13-48-37)15-25(50-34)16-30(39)40/h15,22-23,27-28,30-31,47H,5-14,16-21H2,1-4H3,(H,43,46)/t22-,23-,27?,28?,37+,38+/m0/s1. The summed E-state index contributed by atoms with van der Waals surface area (Å²) in [6.45, 7) is 12.0. The number of nitrogens with one attached hydrogen (secondary N) is 1. The highest BCUT2D eigenvalue weighted by Gasteiger charge is 2.50. The molecule has 0 saturated carbocycles. The molecule has 5 aliphatic rings. The summed E-state index contributed by atoms with van der Waals surface area (Å²) < 4.78 is 68.0. The molecule has 13 heteroatoms. The van der Waals surface area contributed by atoms with Crippen molar-refractivity contribution in [3.05, 3.63) is 42.3 Å². The SMILES string of the molecule is C[C@H]1C[C@@]2(CCN1CCC(C)(C)O)OCCc1c2sc(CC(F)F)c1C1CC(=O)NC1CN1CC[C@]2(C[C@@H]1C)OCCc1cc(CC(F)F)sc12. The van der Waals surface area contributed by atoms with Crippen molar-refractivity contribution in [3.8, 4) is 0 Å². The third kappa shape index (κ3) is 7.69. The van der Waals surface area contributed by atoms with Gasteiger partial charge in [0.15, 0.2) is 0 Å². The molecule has 0 radical (unpaired) electrons. The van der Waals surface area contributed by atoms with E-state index >= 15 is 0 Å². The summed E-state index contributed by atoms with van der Waals surface area (Å²) in [4.78, 5) is 21.5. The van der Waals surface area contributed by atoms with Crippen LogP contribution in [0.15, 0.2) is 6.07 Å². The van der Waals surface area contributed by atoms with Crippen molar-refractivity contribution in [2.75, 3.05) is 39.4 Å². The first-order valence-electron chi connectivity index (χ1n) is 18.8. The van der Waals surface area contributed by atoms with E-state index in [1.165, 1.54) is 22.7 Å². The number of hydrogen-bond donors (Lipinski definition) is 2. The molecule has 7 rings (SSSR count). The monoisotopic (exact) mass is 755 g/mol. The summed E-state index contributed by atoms with van der Waals surface area (Å²) in [5.74, 6) is -0.254. The van der Waals surface area contributed by atoms with Crippen molar-refractivity contribution in [1.82, 2.24) is 15.1 Å². The predicted octanol–water partition coefficient (Wildman–Crippen LogP) is 6.76. The number of alkyl halides is 4. The molecule has 6 atom stereocenters. The molecule has 5 aliphatic heterocycles. The second-order valence-corrected chi connectivity index (χ2v) is 18.6. The van der Waals surface area contributed by atoms with E-state index < -0.39 is 29.7 Å². The fourth-order valence-electron chi connectivity index (χ4n) is 9.65. The maximum atomic E-state index is 14.2. The number of rotatable bonds is 10. The molecule has 1 amide bonds. The van der Waals surface area contributed by atoms with Crippen LogP contribution < -0.4 is 5.32 Å². The molecule has 2 N–H and O–H groups in total. The molecule has 51 heavy (non-hydrogen) atoms. The number of piperidine rings is 2. The van der Waals surface area contributed by atoms with E-state index in [2.05, 4.69) is 29.0 Å². The second-order valence-electron chi connectivity index (χ2n) is 16.4. The molecule has 0 aromatic carbocycles. The van der Waals surface area contributed by atoms with Crippen LogP contribution in [0.1, 0.15) is 108 Å². The number of nitrogens with zero attached hydrogens (tertiary/aromatic N) is 2. The highest BCUT2D eigenvalue weighted by Crippen LogP contribution is 2.52. The zero-order valence-electron chi connectivity index (χ0n) is 30.2. The van der Waals surface area contributed by atoms with Crippen LogP contribution in [0.2, 0.25) is 0 Å². The van der Waals surface area contributed by atoms with E-state index in [0.29, 0.717) is 42.4 Å². The third-order valence-corrected chi connectivity index (χ3v) is 15.0. The molecule has 0 aliphatic carbocycles. The molecule has 3 saturated heterocycles. The van der Waals surface area contributed by atoms with Crippen LogP contribution in [0.4, 0.5) is 17.6 Å². The minimum absolute atomic E-state index is 0.0463. The smallest absolute Gasteiger partial charge is 0.243 e. The number of carbonyl (C=O) groups is 1. The van der Waals surface area contributed by atoms with Gasteiger partial charge < -0.3 is 24.8 Å². The Labute approximate surface area is 307 Å². The highest BCUT2D eigenvalue weighted by molar-refractivity contribution is 7.12. The summed E-state index contributed by atoms with van der Waals surface area (Å²) >= 11 is 2.96. The Hall–Kier alpha value is -1.61. The second kappa shape index (κ2) is 14.6. The van der Waals surface area contributed by atoms with Crippen LogP contribution in [-0.2, 0) is 51.2 Å². The number of fused-ring (bicyclic) bond motifs is 4. The molecule has 2 aromatic rings. The minimum Gasteiger partial charge on any atom is -0.390 e. The van der Waals surface area contributed by atoms with Gasteiger partial charge in [0.2, 0.25) is 18.8 Å². The van der Waals surface area contributed by atoms with Gasteiger partial charge in [0.05, 0.1) is 18.8 Å². The number of aliphatic hydroxyl groups is 1. The Morgan fingerprint density at radius 2 is 1.61 bits per heavy atom. The summed E-state index contributed by atoms with van der Waals surface area (Å²) in [6.07, 6.45) is -0.106. The van der Waals surface area contributed by atoms with Crippen molar-refractivity contribution >= 4 is 28.6 Å². The zero-order chi connectivity index (χ0) is 36.3. The van der Waals surface area contributed by atoms with Gasteiger partial charge in [-0.05, 0) is 95.4 Å². The fourth-order valence-corrected chi connectivity index (χ4v) is 12.7. The fraction of sp³-hybridized carbons (Fsp3) is 0.763. The molecule has 7 heterocycles. The summed E-state index contributed by atoms with van der Waals surface area (Å²) in [5.41, 5.74) is 1.44. The van der Waals surface area contributed by atoms with Gasteiger partial charge >= 0.3 is 0 Å². The van der Waals surface area contributed by atoms with E-state index in [1.807, 2.05) is 19.9 Å². The lowest BCUT2D eigenvalue weighted by Crippen LogP contribution is -2.53. The molecule has 2 unspecified atom stereocenters. The van der Waals surface area contributed by atoms with E-state index in [-0.39, 0.29) is 49.2 Å². The van der Waals surface area contributed by atoms with Gasteiger partial charge in [-0.3, -0.25) is 9.69 Å². The first-order valence-corrected chi connectivity index (χ1v) is 20.4. The molecule has 2 aromatic heterocycles. The lowest BCUT2D eigenvalue weighted by molar-refractivity contribution is -0.120. The molecule has 2 spiro atoms. The summed E-state index contributed by atoms with van der Waals surface area (Å²) in [5, 5.41) is 13.6. The lowest BCUT2D eigenvalue weighted by Gasteiger charge is -2.48. The van der Waals surface area contributed by atoms with E-state index in [4.69, 9.17) is 9.47 Å². The van der Waals surface area contributed by atoms with Crippen LogP contribution in [-0.4, -0.2) is 96.8 Å². The average Bonchev–Trinajstić information content (AvgIpc) is 3.72.